The van der Waals surface area contributed by atoms with Crippen LogP contribution in [0.4, 0.5) is 0 Å². The average Bonchev–Trinajstić information content (AvgIpc) is 2.79. The van der Waals surface area contributed by atoms with Crippen molar-refractivity contribution in [3.63, 3.8) is 0 Å². The van der Waals surface area contributed by atoms with E-state index in [1.54, 1.807) is 14.2 Å². The van der Waals surface area contributed by atoms with Crippen LogP contribution in [0.3, 0.4) is 0 Å². The summed E-state index contributed by atoms with van der Waals surface area (Å²) in [6.07, 6.45) is 8.23. The van der Waals surface area contributed by atoms with Crippen LogP contribution in [0.1, 0.15) is 63.0 Å². The van der Waals surface area contributed by atoms with Crippen LogP contribution in [0.2, 0.25) is 0 Å². The van der Waals surface area contributed by atoms with Crippen molar-refractivity contribution in [2.75, 3.05) is 40.4 Å². The second-order valence-corrected chi connectivity index (χ2v) is 9.18. The number of hydrogen-bond donors (Lipinski definition) is 1. The number of amides is 1. The Morgan fingerprint density at radius 2 is 1.80 bits per heavy atom. The van der Waals surface area contributed by atoms with Gasteiger partial charge in [-0.1, -0.05) is 18.9 Å². The average molecular weight is 417 g/mol. The van der Waals surface area contributed by atoms with Crippen LogP contribution in [0.25, 0.3) is 0 Å². The van der Waals surface area contributed by atoms with Crippen LogP contribution in [0.5, 0.6) is 11.5 Å². The number of methoxy groups -OCH3 is 2. The van der Waals surface area contributed by atoms with Gasteiger partial charge in [0.05, 0.1) is 26.4 Å². The third-order valence-corrected chi connectivity index (χ3v) is 7.47. The number of piperidine rings is 2. The molecule has 3 aliphatic rings. The maximum Gasteiger partial charge on any atom is 0.236 e. The second-order valence-electron chi connectivity index (χ2n) is 9.18. The number of rotatable bonds is 5. The van der Waals surface area contributed by atoms with Gasteiger partial charge in [-0.3, -0.25) is 9.69 Å². The summed E-state index contributed by atoms with van der Waals surface area (Å²) < 4.78 is 11.0. The van der Waals surface area contributed by atoms with Crippen molar-refractivity contribution < 1.29 is 19.4 Å². The van der Waals surface area contributed by atoms with Gasteiger partial charge in [-0.15, -0.1) is 0 Å². The molecule has 6 heteroatoms. The van der Waals surface area contributed by atoms with Gasteiger partial charge in [-0.05, 0) is 56.2 Å². The van der Waals surface area contributed by atoms with Gasteiger partial charge in [0, 0.05) is 31.6 Å². The van der Waals surface area contributed by atoms with Gasteiger partial charge >= 0.3 is 0 Å². The highest BCUT2D eigenvalue weighted by molar-refractivity contribution is 5.78. The molecular weight excluding hydrogens is 380 g/mol. The third kappa shape index (κ3) is 4.17. The zero-order valence-corrected chi connectivity index (χ0v) is 18.4. The molecule has 0 radical (unpaired) electrons. The Bertz CT molecular complexity index is 749. The molecule has 0 aromatic heterocycles. The van der Waals surface area contributed by atoms with E-state index in [1.807, 2.05) is 17.0 Å². The number of likely N-dealkylation sites (tertiary alicyclic amines) is 2. The number of hydrogen-bond acceptors (Lipinski definition) is 5. The van der Waals surface area contributed by atoms with Crippen molar-refractivity contribution in [2.24, 2.45) is 5.92 Å². The van der Waals surface area contributed by atoms with E-state index >= 15 is 0 Å². The number of ether oxygens (including phenoxy) is 2. The fraction of sp³-hybridized carbons (Fsp3) is 0.708. The van der Waals surface area contributed by atoms with Gasteiger partial charge < -0.3 is 19.5 Å². The third-order valence-electron chi connectivity index (χ3n) is 7.47. The summed E-state index contributed by atoms with van der Waals surface area (Å²) in [5.74, 6) is 1.75. The quantitative estimate of drug-likeness (QED) is 0.797. The van der Waals surface area contributed by atoms with Crippen molar-refractivity contribution in [2.45, 2.75) is 63.0 Å². The lowest BCUT2D eigenvalue weighted by molar-refractivity contribution is -0.145. The summed E-state index contributed by atoms with van der Waals surface area (Å²) in [5.41, 5.74) is 0.463. The van der Waals surface area contributed by atoms with Crippen LogP contribution in [-0.2, 0) is 4.79 Å². The van der Waals surface area contributed by atoms with Crippen LogP contribution < -0.4 is 9.47 Å². The molecule has 30 heavy (non-hydrogen) atoms. The molecule has 2 aliphatic heterocycles. The Hall–Kier alpha value is -1.79. The summed E-state index contributed by atoms with van der Waals surface area (Å²) in [4.78, 5) is 17.4. The Labute approximate surface area is 180 Å². The van der Waals surface area contributed by atoms with Crippen molar-refractivity contribution >= 4 is 5.91 Å². The van der Waals surface area contributed by atoms with E-state index in [-0.39, 0.29) is 17.9 Å². The highest BCUT2D eigenvalue weighted by Gasteiger charge is 2.49. The molecule has 0 bridgehead atoms. The predicted octanol–water partition coefficient (Wildman–Crippen LogP) is 3.38. The molecule has 2 heterocycles. The molecule has 1 amide bonds. The SMILES string of the molecule is COc1ccc([C@@H]2[C@@H]3CCCC[C@@]3(O)CCN2CC(=O)N2CCCCC2)cc1OC. The molecular formula is C24H36N2O4. The van der Waals surface area contributed by atoms with Crippen molar-refractivity contribution in [3.8, 4) is 11.5 Å². The summed E-state index contributed by atoms with van der Waals surface area (Å²) in [5, 5.41) is 11.5. The van der Waals surface area contributed by atoms with Crippen LogP contribution in [0.15, 0.2) is 18.2 Å². The predicted molar refractivity (Wildman–Crippen MR) is 116 cm³/mol. The first-order valence-corrected chi connectivity index (χ1v) is 11.5. The molecule has 3 atom stereocenters. The first-order chi connectivity index (χ1) is 14.6. The van der Waals surface area contributed by atoms with E-state index in [1.165, 1.54) is 6.42 Å². The van der Waals surface area contributed by atoms with Gasteiger partial charge in [0.2, 0.25) is 5.91 Å². The molecule has 0 unspecified atom stereocenters. The highest BCUT2D eigenvalue weighted by Crippen LogP contribution is 2.50. The molecule has 1 saturated carbocycles. The smallest absolute Gasteiger partial charge is 0.236 e. The Morgan fingerprint density at radius 3 is 2.53 bits per heavy atom. The number of aliphatic hydroxyl groups is 1. The van der Waals surface area contributed by atoms with Gasteiger partial charge in [0.25, 0.3) is 0 Å². The van der Waals surface area contributed by atoms with E-state index in [0.717, 1.165) is 70.1 Å². The number of benzene rings is 1. The lowest BCUT2D eigenvalue weighted by Crippen LogP contribution is -2.56. The van der Waals surface area contributed by atoms with E-state index in [0.29, 0.717) is 18.0 Å². The molecule has 3 fully saturated rings. The Balaban J connectivity index is 1.63. The largest absolute Gasteiger partial charge is 0.493 e. The maximum absolute atomic E-state index is 13.1. The summed E-state index contributed by atoms with van der Waals surface area (Å²) in [6.45, 7) is 2.92. The van der Waals surface area contributed by atoms with Crippen molar-refractivity contribution in [1.82, 2.24) is 9.80 Å². The number of carbonyl (C=O) groups excluding carboxylic acids is 1. The second kappa shape index (κ2) is 9.15. The minimum atomic E-state index is -0.638. The van der Waals surface area contributed by atoms with E-state index < -0.39 is 5.60 Å². The van der Waals surface area contributed by atoms with E-state index in [2.05, 4.69) is 11.0 Å². The van der Waals surface area contributed by atoms with Crippen LogP contribution in [-0.4, -0.2) is 66.8 Å². The minimum Gasteiger partial charge on any atom is -0.493 e. The first kappa shape index (κ1) is 21.4. The molecule has 6 nitrogen and oxygen atoms in total. The van der Waals surface area contributed by atoms with Gasteiger partial charge in [0.15, 0.2) is 11.5 Å². The topological polar surface area (TPSA) is 62.2 Å². The molecule has 1 aromatic carbocycles. The zero-order valence-electron chi connectivity index (χ0n) is 18.4. The van der Waals surface area contributed by atoms with Crippen LogP contribution in [0, 0.1) is 5.92 Å². The normalized spacial score (nSPS) is 29.9. The molecule has 166 valence electrons. The standard InChI is InChI=1S/C24H36N2O4/c1-29-20-10-9-18(16-21(20)30-2)23-19-8-4-5-11-24(19,28)12-15-26(23)17-22(27)25-13-6-3-7-14-25/h9-10,16,19,23,28H,3-8,11-15,17H2,1-2H3/t19-,23+,24+/m0/s1. The van der Waals surface area contributed by atoms with Crippen molar-refractivity contribution in [3.05, 3.63) is 23.8 Å². The number of nitrogens with zero attached hydrogens (tertiary/aromatic N) is 2. The Kier molecular flexibility index (Phi) is 6.54. The van der Waals surface area contributed by atoms with E-state index in [9.17, 15) is 9.90 Å². The summed E-state index contributed by atoms with van der Waals surface area (Å²) in [6, 6.07) is 6.06. The fourth-order valence-corrected chi connectivity index (χ4v) is 5.82. The molecule has 1 N–H and O–H groups in total. The maximum atomic E-state index is 13.1. The van der Waals surface area contributed by atoms with Gasteiger partial charge in [0.1, 0.15) is 0 Å². The summed E-state index contributed by atoms with van der Waals surface area (Å²) >= 11 is 0. The lowest BCUT2D eigenvalue weighted by atomic mass is 9.66. The van der Waals surface area contributed by atoms with Crippen LogP contribution >= 0.6 is 0 Å². The van der Waals surface area contributed by atoms with Crippen molar-refractivity contribution in [1.29, 1.82) is 0 Å². The van der Waals surface area contributed by atoms with Gasteiger partial charge in [-0.2, -0.15) is 0 Å². The molecule has 1 aliphatic carbocycles. The molecule has 1 aromatic rings. The fourth-order valence-electron chi connectivity index (χ4n) is 5.82. The highest BCUT2D eigenvalue weighted by atomic mass is 16.5. The molecule has 4 rings (SSSR count). The minimum absolute atomic E-state index is 0.0117. The van der Waals surface area contributed by atoms with E-state index in [4.69, 9.17) is 9.47 Å². The monoisotopic (exact) mass is 416 g/mol. The number of fused-ring (bicyclic) bond motifs is 1. The molecule has 0 spiro atoms. The lowest BCUT2D eigenvalue weighted by Gasteiger charge is -2.52. The molecule has 2 saturated heterocycles. The summed E-state index contributed by atoms with van der Waals surface area (Å²) in [7, 11) is 3.29. The number of carbonyl (C=O) groups is 1. The first-order valence-electron chi connectivity index (χ1n) is 11.5. The van der Waals surface area contributed by atoms with Gasteiger partial charge in [-0.25, -0.2) is 0 Å². The Morgan fingerprint density at radius 1 is 1.03 bits per heavy atom. The zero-order chi connectivity index (χ0) is 21.1.